The number of pyridine rings is 1. The number of furan rings is 1. The van der Waals surface area contributed by atoms with Crippen molar-refractivity contribution in [3.8, 4) is 22.8 Å². The van der Waals surface area contributed by atoms with Gasteiger partial charge in [0.1, 0.15) is 29.1 Å². The SMILES string of the molecule is COc1ccc(OC)c(N2C(=S)N[C@@H](c3ccccn3)[C@H]2c2ccc(-c3cc(C(=O)O)ccc3Cl)o2)c1. The molecule has 1 saturated heterocycles. The molecule has 0 amide bonds. The largest absolute Gasteiger partial charge is 0.497 e. The Hall–Kier alpha value is -4.08. The zero-order chi connectivity index (χ0) is 26.1. The van der Waals surface area contributed by atoms with Gasteiger partial charge in [-0.3, -0.25) is 4.98 Å². The van der Waals surface area contributed by atoms with Crippen LogP contribution in [0.3, 0.4) is 0 Å². The molecule has 0 spiro atoms. The van der Waals surface area contributed by atoms with E-state index >= 15 is 0 Å². The van der Waals surface area contributed by atoms with E-state index in [2.05, 4.69) is 10.3 Å². The first-order chi connectivity index (χ1) is 17.9. The van der Waals surface area contributed by atoms with Gasteiger partial charge in [0.05, 0.1) is 42.2 Å². The van der Waals surface area contributed by atoms with Crippen LogP contribution in [0.2, 0.25) is 5.02 Å². The minimum absolute atomic E-state index is 0.107. The first-order valence-electron chi connectivity index (χ1n) is 11.3. The van der Waals surface area contributed by atoms with Gasteiger partial charge in [0.15, 0.2) is 5.11 Å². The van der Waals surface area contributed by atoms with Gasteiger partial charge in [0, 0.05) is 17.8 Å². The molecule has 2 N–H and O–H groups in total. The molecule has 1 aliphatic heterocycles. The standard InChI is InChI=1S/C27H22ClN3O5S/c1-34-16-7-9-22(35-2)20(14-16)31-25(24(30-27(31)37)19-5-3-4-12-29-19)23-11-10-21(36-23)17-13-15(26(32)33)6-8-18(17)28/h3-14,24-25H,1-2H3,(H,30,37)(H,32,33)/t24-,25+/m0/s1. The van der Waals surface area contributed by atoms with Crippen molar-refractivity contribution in [2.24, 2.45) is 0 Å². The van der Waals surface area contributed by atoms with E-state index < -0.39 is 12.0 Å². The number of hydrogen-bond donors (Lipinski definition) is 2. The van der Waals surface area contributed by atoms with Crippen LogP contribution in [-0.2, 0) is 0 Å². The Bertz CT molecular complexity index is 1480. The van der Waals surface area contributed by atoms with Crippen LogP contribution in [0, 0.1) is 0 Å². The van der Waals surface area contributed by atoms with Crippen molar-refractivity contribution in [3.05, 3.63) is 95.0 Å². The fourth-order valence-electron chi connectivity index (χ4n) is 4.39. The molecule has 1 fully saturated rings. The molecule has 2 aromatic heterocycles. The number of rotatable bonds is 7. The highest BCUT2D eigenvalue weighted by Gasteiger charge is 2.43. The molecule has 2 atom stereocenters. The Labute approximate surface area is 223 Å². The average Bonchev–Trinajstić information content (AvgIpc) is 3.53. The second-order valence-electron chi connectivity index (χ2n) is 8.24. The lowest BCUT2D eigenvalue weighted by molar-refractivity contribution is 0.0697. The van der Waals surface area contributed by atoms with Crippen LogP contribution < -0.4 is 19.7 Å². The molecule has 37 heavy (non-hydrogen) atoms. The molecule has 0 unspecified atom stereocenters. The number of hydrogen-bond acceptors (Lipinski definition) is 6. The molecule has 1 aliphatic rings. The van der Waals surface area contributed by atoms with Crippen LogP contribution in [0.15, 0.2) is 77.3 Å². The van der Waals surface area contributed by atoms with E-state index in [4.69, 9.17) is 37.7 Å². The minimum atomic E-state index is -1.05. The van der Waals surface area contributed by atoms with Crippen molar-refractivity contribution >= 4 is 40.6 Å². The van der Waals surface area contributed by atoms with Gasteiger partial charge in [-0.15, -0.1) is 0 Å². The molecule has 0 aliphatic carbocycles. The van der Waals surface area contributed by atoms with Gasteiger partial charge in [0.2, 0.25) is 0 Å². The first-order valence-corrected chi connectivity index (χ1v) is 12.1. The third-order valence-electron chi connectivity index (χ3n) is 6.14. The summed E-state index contributed by atoms with van der Waals surface area (Å²) in [6, 6.07) is 18.4. The van der Waals surface area contributed by atoms with Gasteiger partial charge in [0.25, 0.3) is 0 Å². The molecular formula is C27H22ClN3O5S. The lowest BCUT2D eigenvalue weighted by atomic mass is 10.0. The van der Waals surface area contributed by atoms with Crippen molar-refractivity contribution in [3.63, 3.8) is 0 Å². The number of halogens is 1. The lowest BCUT2D eigenvalue weighted by Crippen LogP contribution is -2.29. The zero-order valence-electron chi connectivity index (χ0n) is 19.8. The number of nitrogens with zero attached hydrogens (tertiary/aromatic N) is 2. The molecule has 8 nitrogen and oxygen atoms in total. The van der Waals surface area contributed by atoms with E-state index in [1.54, 1.807) is 32.5 Å². The summed E-state index contributed by atoms with van der Waals surface area (Å²) in [7, 11) is 3.18. The normalized spacial score (nSPS) is 16.9. The number of carboxylic acids is 1. The summed E-state index contributed by atoms with van der Waals surface area (Å²) in [5, 5.41) is 13.6. The molecule has 10 heteroatoms. The smallest absolute Gasteiger partial charge is 0.335 e. The fourth-order valence-corrected chi connectivity index (χ4v) is 4.94. The highest BCUT2D eigenvalue weighted by molar-refractivity contribution is 7.80. The summed E-state index contributed by atoms with van der Waals surface area (Å²) in [5.74, 6) is 1.18. The maximum Gasteiger partial charge on any atom is 0.335 e. The predicted molar refractivity (Wildman–Crippen MR) is 144 cm³/mol. The maximum atomic E-state index is 11.5. The van der Waals surface area contributed by atoms with Crippen LogP contribution in [0.1, 0.15) is 33.9 Å². The number of ether oxygens (including phenoxy) is 2. The summed E-state index contributed by atoms with van der Waals surface area (Å²) < 4.78 is 17.4. The van der Waals surface area contributed by atoms with E-state index in [0.29, 0.717) is 44.4 Å². The molecule has 0 bridgehead atoms. The number of aromatic nitrogens is 1. The van der Waals surface area contributed by atoms with Crippen LogP contribution in [-0.4, -0.2) is 35.4 Å². The topological polar surface area (TPSA) is 97.1 Å². The number of nitrogens with one attached hydrogen (secondary N) is 1. The van der Waals surface area contributed by atoms with Crippen molar-refractivity contribution < 1.29 is 23.8 Å². The molecule has 0 saturated carbocycles. The third kappa shape index (κ3) is 4.59. The van der Waals surface area contributed by atoms with Gasteiger partial charge in [-0.05, 0) is 66.8 Å². The molecule has 2 aromatic carbocycles. The van der Waals surface area contributed by atoms with Crippen molar-refractivity contribution in [1.82, 2.24) is 10.3 Å². The Morgan fingerprint density at radius 1 is 1.11 bits per heavy atom. The van der Waals surface area contributed by atoms with Gasteiger partial charge < -0.3 is 29.2 Å². The number of carbonyl (C=O) groups is 1. The molecular weight excluding hydrogens is 514 g/mol. The number of carboxylic acid groups (broad SMARTS) is 1. The highest BCUT2D eigenvalue weighted by Crippen LogP contribution is 2.46. The number of benzene rings is 2. The quantitative estimate of drug-likeness (QED) is 0.281. The summed E-state index contributed by atoms with van der Waals surface area (Å²) in [6.45, 7) is 0. The van der Waals surface area contributed by atoms with E-state index in [1.807, 2.05) is 47.4 Å². The fraction of sp³-hybridized carbons (Fsp3) is 0.148. The average molecular weight is 536 g/mol. The second kappa shape index (κ2) is 10.1. The van der Waals surface area contributed by atoms with Gasteiger partial charge in [-0.25, -0.2) is 4.79 Å². The van der Waals surface area contributed by atoms with Crippen LogP contribution >= 0.6 is 23.8 Å². The van der Waals surface area contributed by atoms with Crippen molar-refractivity contribution in [2.45, 2.75) is 12.1 Å². The van der Waals surface area contributed by atoms with E-state index in [-0.39, 0.29) is 11.6 Å². The predicted octanol–water partition coefficient (Wildman–Crippen LogP) is 5.89. The summed E-state index contributed by atoms with van der Waals surface area (Å²) >= 11 is 12.2. The lowest BCUT2D eigenvalue weighted by Gasteiger charge is -2.27. The minimum Gasteiger partial charge on any atom is -0.497 e. The maximum absolute atomic E-state index is 11.5. The van der Waals surface area contributed by atoms with Crippen LogP contribution in [0.5, 0.6) is 11.5 Å². The summed E-state index contributed by atoms with van der Waals surface area (Å²) in [5.41, 5.74) is 2.03. The molecule has 5 rings (SSSR count). The third-order valence-corrected chi connectivity index (χ3v) is 6.78. The Morgan fingerprint density at radius 2 is 1.95 bits per heavy atom. The Morgan fingerprint density at radius 3 is 2.65 bits per heavy atom. The van der Waals surface area contributed by atoms with Crippen LogP contribution in [0.4, 0.5) is 5.69 Å². The Kier molecular flexibility index (Phi) is 6.73. The molecule has 188 valence electrons. The van der Waals surface area contributed by atoms with Gasteiger partial charge in [-0.2, -0.15) is 0 Å². The first kappa shape index (κ1) is 24.6. The monoisotopic (exact) mass is 535 g/mol. The van der Waals surface area contributed by atoms with Crippen molar-refractivity contribution in [1.29, 1.82) is 0 Å². The zero-order valence-corrected chi connectivity index (χ0v) is 21.4. The summed E-state index contributed by atoms with van der Waals surface area (Å²) in [4.78, 5) is 18.0. The van der Waals surface area contributed by atoms with Gasteiger partial charge in [-0.1, -0.05) is 17.7 Å². The molecule has 3 heterocycles. The molecule has 4 aromatic rings. The number of thiocarbonyl (C=S) groups is 1. The Balaban J connectivity index is 1.65. The molecule has 0 radical (unpaired) electrons. The summed E-state index contributed by atoms with van der Waals surface area (Å²) in [6.07, 6.45) is 1.72. The van der Waals surface area contributed by atoms with Crippen LogP contribution in [0.25, 0.3) is 11.3 Å². The number of aromatic carboxylic acids is 1. The van der Waals surface area contributed by atoms with E-state index in [0.717, 1.165) is 5.69 Å². The van der Waals surface area contributed by atoms with Gasteiger partial charge >= 0.3 is 5.97 Å². The van der Waals surface area contributed by atoms with Crippen molar-refractivity contribution in [2.75, 3.05) is 19.1 Å². The number of methoxy groups -OCH3 is 2. The van der Waals surface area contributed by atoms with E-state index in [1.165, 1.54) is 12.1 Å². The number of anilines is 1. The highest BCUT2D eigenvalue weighted by atomic mass is 35.5. The van der Waals surface area contributed by atoms with E-state index in [9.17, 15) is 9.90 Å². The second-order valence-corrected chi connectivity index (χ2v) is 9.03.